The minimum Gasteiger partial charge on any atom is -0.454 e. The predicted octanol–water partition coefficient (Wildman–Crippen LogP) is 4.01. The molecule has 1 amide bonds. The van der Waals surface area contributed by atoms with Gasteiger partial charge >= 0.3 is 0 Å². The van der Waals surface area contributed by atoms with Crippen molar-refractivity contribution in [3.8, 4) is 21.9 Å². The molecule has 0 saturated carbocycles. The maximum atomic E-state index is 12.7. The van der Waals surface area contributed by atoms with Gasteiger partial charge in [-0.1, -0.05) is 23.7 Å². The van der Waals surface area contributed by atoms with Crippen LogP contribution in [-0.4, -0.2) is 21.1 Å². The van der Waals surface area contributed by atoms with E-state index in [0.29, 0.717) is 39.1 Å². The standard InChI is InChI=1S/C20H14ClNO5S2/c21-13-2-3-14-18(7-13)29(24,25)9-12-6-17(28-19(12)14)20(23)22-8-11-1-4-15-16(5-11)27-10-26-15/h1-7H,8-10H2,(H,22,23). The number of ether oxygens (including phenoxy) is 2. The van der Waals surface area contributed by atoms with E-state index in [9.17, 15) is 13.2 Å². The van der Waals surface area contributed by atoms with Gasteiger partial charge in [0.15, 0.2) is 21.3 Å². The number of carbonyl (C=O) groups excluding carboxylic acids is 1. The number of hydrogen-bond donors (Lipinski definition) is 1. The Bertz CT molecular complexity index is 1270. The van der Waals surface area contributed by atoms with E-state index in [2.05, 4.69) is 5.32 Å². The van der Waals surface area contributed by atoms with E-state index in [-0.39, 0.29) is 23.3 Å². The number of hydrogen-bond acceptors (Lipinski definition) is 6. The first-order valence-corrected chi connectivity index (χ1v) is 11.6. The van der Waals surface area contributed by atoms with Crippen molar-refractivity contribution in [1.29, 1.82) is 0 Å². The van der Waals surface area contributed by atoms with Crippen molar-refractivity contribution in [2.75, 3.05) is 6.79 Å². The Labute approximate surface area is 176 Å². The molecule has 29 heavy (non-hydrogen) atoms. The summed E-state index contributed by atoms with van der Waals surface area (Å²) in [6.07, 6.45) is 0. The Morgan fingerprint density at radius 1 is 1.10 bits per heavy atom. The van der Waals surface area contributed by atoms with Crippen molar-refractivity contribution >= 4 is 38.7 Å². The molecule has 0 atom stereocenters. The second-order valence-corrected chi connectivity index (χ2v) is 10.2. The van der Waals surface area contributed by atoms with Gasteiger partial charge in [-0.3, -0.25) is 4.79 Å². The zero-order chi connectivity index (χ0) is 20.2. The summed E-state index contributed by atoms with van der Waals surface area (Å²) in [7, 11) is -3.49. The molecular weight excluding hydrogens is 434 g/mol. The largest absolute Gasteiger partial charge is 0.454 e. The first kappa shape index (κ1) is 18.5. The van der Waals surface area contributed by atoms with Crippen molar-refractivity contribution in [3.05, 3.63) is 63.5 Å². The van der Waals surface area contributed by atoms with Crippen LogP contribution in [0.25, 0.3) is 10.4 Å². The van der Waals surface area contributed by atoms with Gasteiger partial charge in [0.05, 0.1) is 15.5 Å². The summed E-state index contributed by atoms with van der Waals surface area (Å²) in [6.45, 7) is 0.518. The Morgan fingerprint density at radius 3 is 2.79 bits per heavy atom. The molecule has 6 nitrogen and oxygen atoms in total. The highest BCUT2D eigenvalue weighted by Crippen LogP contribution is 2.43. The molecule has 0 radical (unpaired) electrons. The summed E-state index contributed by atoms with van der Waals surface area (Å²) in [6, 6.07) is 12.0. The van der Waals surface area contributed by atoms with Crippen LogP contribution >= 0.6 is 22.9 Å². The number of nitrogens with one attached hydrogen (secondary N) is 1. The van der Waals surface area contributed by atoms with Crippen molar-refractivity contribution < 1.29 is 22.7 Å². The number of sulfone groups is 1. The van der Waals surface area contributed by atoms with E-state index in [0.717, 1.165) is 10.4 Å². The fraction of sp³-hybridized carbons (Fsp3) is 0.150. The van der Waals surface area contributed by atoms with E-state index in [1.165, 1.54) is 17.4 Å². The number of thiophene rings is 1. The molecule has 3 aromatic rings. The smallest absolute Gasteiger partial charge is 0.261 e. The molecule has 5 rings (SSSR count). The number of amides is 1. The molecule has 1 N–H and O–H groups in total. The third-order valence-corrected chi connectivity index (χ3v) is 7.94. The van der Waals surface area contributed by atoms with Gasteiger partial charge in [0.2, 0.25) is 6.79 Å². The van der Waals surface area contributed by atoms with Gasteiger partial charge in [0.1, 0.15) is 0 Å². The van der Waals surface area contributed by atoms with Crippen molar-refractivity contribution in [2.45, 2.75) is 17.2 Å². The molecule has 0 aliphatic carbocycles. The van der Waals surface area contributed by atoms with E-state index in [4.69, 9.17) is 21.1 Å². The van der Waals surface area contributed by atoms with Crippen molar-refractivity contribution in [3.63, 3.8) is 0 Å². The molecule has 2 aromatic carbocycles. The molecule has 3 heterocycles. The summed E-state index contributed by atoms with van der Waals surface area (Å²) >= 11 is 7.26. The third-order valence-electron chi connectivity index (χ3n) is 4.79. The van der Waals surface area contributed by atoms with E-state index in [1.54, 1.807) is 24.3 Å². The van der Waals surface area contributed by atoms with Crippen LogP contribution in [0, 0.1) is 0 Å². The van der Waals surface area contributed by atoms with Gasteiger partial charge in [-0.2, -0.15) is 0 Å². The van der Waals surface area contributed by atoms with Gasteiger partial charge in [-0.25, -0.2) is 8.42 Å². The third kappa shape index (κ3) is 3.27. The fourth-order valence-electron chi connectivity index (χ4n) is 3.42. The van der Waals surface area contributed by atoms with Gasteiger partial charge in [0, 0.05) is 22.0 Å². The molecule has 0 fully saturated rings. The van der Waals surface area contributed by atoms with Gasteiger partial charge in [-0.05, 0) is 41.5 Å². The molecular formula is C20H14ClNO5S2. The van der Waals surface area contributed by atoms with Gasteiger partial charge in [-0.15, -0.1) is 11.3 Å². The summed E-state index contributed by atoms with van der Waals surface area (Å²) in [5.74, 6) is 0.950. The maximum absolute atomic E-state index is 12.7. The van der Waals surface area contributed by atoms with Crippen LogP contribution in [0.3, 0.4) is 0 Å². The monoisotopic (exact) mass is 447 g/mol. The molecule has 0 unspecified atom stereocenters. The minimum absolute atomic E-state index is 0.137. The maximum Gasteiger partial charge on any atom is 0.261 e. The number of halogens is 1. The van der Waals surface area contributed by atoms with Gasteiger partial charge in [0.25, 0.3) is 5.91 Å². The molecule has 0 bridgehead atoms. The summed E-state index contributed by atoms with van der Waals surface area (Å²) < 4.78 is 35.8. The number of carbonyl (C=O) groups is 1. The molecule has 0 spiro atoms. The van der Waals surface area contributed by atoms with E-state index in [1.807, 2.05) is 12.1 Å². The highest BCUT2D eigenvalue weighted by atomic mass is 35.5. The topological polar surface area (TPSA) is 81.7 Å². The Hall–Kier alpha value is -2.55. The van der Waals surface area contributed by atoms with Crippen LogP contribution in [-0.2, 0) is 22.1 Å². The van der Waals surface area contributed by atoms with Crippen LogP contribution in [0.1, 0.15) is 20.8 Å². The second kappa shape index (κ2) is 6.76. The highest BCUT2D eigenvalue weighted by molar-refractivity contribution is 7.91. The lowest BCUT2D eigenvalue weighted by Crippen LogP contribution is -2.21. The molecule has 2 aliphatic heterocycles. The van der Waals surface area contributed by atoms with E-state index >= 15 is 0 Å². The van der Waals surface area contributed by atoms with Crippen LogP contribution in [0.5, 0.6) is 11.5 Å². The van der Waals surface area contributed by atoms with Crippen LogP contribution < -0.4 is 14.8 Å². The average Bonchev–Trinajstić information content (AvgIpc) is 3.32. The molecule has 0 saturated heterocycles. The zero-order valence-corrected chi connectivity index (χ0v) is 17.3. The Balaban J connectivity index is 1.40. The molecule has 2 aliphatic rings. The lowest BCUT2D eigenvalue weighted by Gasteiger charge is -2.16. The number of fused-ring (bicyclic) bond motifs is 4. The SMILES string of the molecule is O=C(NCc1ccc2c(c1)OCO2)c1cc2c(s1)-c1ccc(Cl)cc1S(=O)(=O)C2. The molecule has 1 aromatic heterocycles. The molecule has 148 valence electrons. The Morgan fingerprint density at radius 2 is 1.93 bits per heavy atom. The number of rotatable bonds is 3. The lowest BCUT2D eigenvalue weighted by atomic mass is 10.1. The normalized spacial score (nSPS) is 15.5. The minimum atomic E-state index is -3.49. The van der Waals surface area contributed by atoms with Crippen LogP contribution in [0.15, 0.2) is 47.4 Å². The zero-order valence-electron chi connectivity index (χ0n) is 14.9. The quantitative estimate of drug-likeness (QED) is 0.656. The van der Waals surface area contributed by atoms with Gasteiger partial charge < -0.3 is 14.8 Å². The number of benzene rings is 2. The summed E-state index contributed by atoms with van der Waals surface area (Å²) in [4.78, 5) is 14.1. The average molecular weight is 448 g/mol. The van der Waals surface area contributed by atoms with Crippen LogP contribution in [0.4, 0.5) is 0 Å². The summed E-state index contributed by atoms with van der Waals surface area (Å²) in [5.41, 5.74) is 2.11. The predicted molar refractivity (Wildman–Crippen MR) is 109 cm³/mol. The second-order valence-electron chi connectivity index (χ2n) is 6.73. The van der Waals surface area contributed by atoms with E-state index < -0.39 is 9.84 Å². The first-order chi connectivity index (χ1) is 13.9. The highest BCUT2D eigenvalue weighted by Gasteiger charge is 2.31. The Kier molecular flexibility index (Phi) is 4.31. The lowest BCUT2D eigenvalue weighted by molar-refractivity contribution is 0.0955. The first-order valence-electron chi connectivity index (χ1n) is 8.73. The van der Waals surface area contributed by atoms with Crippen LogP contribution in [0.2, 0.25) is 5.02 Å². The van der Waals surface area contributed by atoms with Crippen molar-refractivity contribution in [1.82, 2.24) is 5.32 Å². The molecule has 9 heteroatoms. The fourth-order valence-corrected chi connectivity index (χ4v) is 6.55. The van der Waals surface area contributed by atoms with Crippen molar-refractivity contribution in [2.24, 2.45) is 0 Å². The summed E-state index contributed by atoms with van der Waals surface area (Å²) in [5, 5.41) is 3.24.